The van der Waals surface area contributed by atoms with Crippen molar-refractivity contribution >= 4 is 0 Å². The van der Waals surface area contributed by atoms with Crippen molar-refractivity contribution in [2.75, 3.05) is 19.8 Å². The summed E-state index contributed by atoms with van der Waals surface area (Å²) in [5, 5.41) is 0. The van der Waals surface area contributed by atoms with E-state index in [1.54, 1.807) is 0 Å². The summed E-state index contributed by atoms with van der Waals surface area (Å²) >= 11 is 0. The molecule has 1 aliphatic heterocycles. The molecule has 22 heavy (non-hydrogen) atoms. The van der Waals surface area contributed by atoms with E-state index in [1.807, 2.05) is 0 Å². The van der Waals surface area contributed by atoms with E-state index >= 15 is 0 Å². The van der Waals surface area contributed by atoms with Crippen molar-refractivity contribution in [2.24, 2.45) is 0 Å². The van der Waals surface area contributed by atoms with Crippen LogP contribution >= 0.6 is 0 Å². The molecule has 0 aromatic heterocycles. The fourth-order valence-electron chi connectivity index (χ4n) is 1.18. The average molecular weight is 356 g/mol. The minimum atomic E-state index is -7.39. The van der Waals surface area contributed by atoms with E-state index in [9.17, 15) is 48.3 Å². The third kappa shape index (κ3) is 3.09. The zero-order valence-corrected chi connectivity index (χ0v) is 10.2. The molecule has 1 saturated heterocycles. The van der Waals surface area contributed by atoms with Crippen molar-refractivity contribution in [2.45, 2.75) is 36.0 Å². The Hall–Kier alpha value is -0.850. The SMILES string of the molecule is FC(F)(F)C(F)(F)C(F)(F)C(F)(F)C(F)(F)COCC1CO1. The van der Waals surface area contributed by atoms with Crippen molar-refractivity contribution in [1.82, 2.24) is 0 Å². The molecule has 1 fully saturated rings. The number of halogens is 11. The zero-order valence-electron chi connectivity index (χ0n) is 10.2. The molecule has 1 rings (SSSR count). The van der Waals surface area contributed by atoms with Crippen molar-refractivity contribution in [3.8, 4) is 0 Å². The number of epoxide rings is 1. The van der Waals surface area contributed by atoms with Crippen LogP contribution in [0, 0.1) is 0 Å². The molecule has 0 saturated carbocycles. The molecule has 0 aromatic rings. The van der Waals surface area contributed by atoms with Gasteiger partial charge in [-0.3, -0.25) is 0 Å². The van der Waals surface area contributed by atoms with Crippen LogP contribution in [0.2, 0.25) is 0 Å². The molecule has 0 radical (unpaired) electrons. The van der Waals surface area contributed by atoms with E-state index in [1.165, 1.54) is 0 Å². The summed E-state index contributed by atoms with van der Waals surface area (Å²) in [7, 11) is 0. The number of hydrogen-bond donors (Lipinski definition) is 0. The first-order valence-corrected chi connectivity index (χ1v) is 5.35. The van der Waals surface area contributed by atoms with Gasteiger partial charge in [0.15, 0.2) is 0 Å². The standard InChI is InChI=1S/C9H7F11O2/c10-5(11,3-21-1-4-2-22-4)6(12,13)7(14,15)8(16,17)9(18,19)20/h4H,1-3H2. The highest BCUT2D eigenvalue weighted by molar-refractivity contribution is 5.06. The smallest absolute Gasteiger partial charge is 0.372 e. The van der Waals surface area contributed by atoms with Crippen LogP contribution in [-0.4, -0.2) is 55.8 Å². The van der Waals surface area contributed by atoms with Crippen LogP contribution in [0.4, 0.5) is 48.3 Å². The molecule has 0 N–H and O–H groups in total. The van der Waals surface area contributed by atoms with Gasteiger partial charge in [0.1, 0.15) is 12.7 Å². The summed E-state index contributed by atoms with van der Waals surface area (Å²) < 4.78 is 146. The maximum absolute atomic E-state index is 13.0. The quantitative estimate of drug-likeness (QED) is 0.515. The first-order chi connectivity index (χ1) is 9.58. The highest BCUT2D eigenvalue weighted by Gasteiger charge is 2.87. The molecule has 0 amide bonds. The Balaban J connectivity index is 2.96. The molecule has 2 nitrogen and oxygen atoms in total. The summed E-state index contributed by atoms with van der Waals surface area (Å²) in [5.74, 6) is -27.7. The van der Waals surface area contributed by atoms with Gasteiger partial charge in [0.05, 0.1) is 13.2 Å². The predicted molar refractivity (Wildman–Crippen MR) is 46.4 cm³/mol. The molecule has 0 aliphatic carbocycles. The molecule has 1 aliphatic rings. The van der Waals surface area contributed by atoms with Crippen molar-refractivity contribution < 1.29 is 57.8 Å². The average Bonchev–Trinajstić information content (AvgIpc) is 3.10. The first-order valence-electron chi connectivity index (χ1n) is 5.35. The summed E-state index contributed by atoms with van der Waals surface area (Å²) in [6.45, 7) is -3.19. The van der Waals surface area contributed by atoms with E-state index in [0.717, 1.165) is 0 Å². The Labute approximate surface area is 115 Å². The van der Waals surface area contributed by atoms with E-state index in [4.69, 9.17) is 0 Å². The molecular weight excluding hydrogens is 349 g/mol. The van der Waals surface area contributed by atoms with Gasteiger partial charge in [-0.15, -0.1) is 0 Å². The molecule has 0 aromatic carbocycles. The lowest BCUT2D eigenvalue weighted by Gasteiger charge is -2.37. The van der Waals surface area contributed by atoms with E-state index < -0.39 is 49.2 Å². The normalized spacial score (nSPS) is 21.1. The fraction of sp³-hybridized carbons (Fsp3) is 1.00. The summed E-state index contributed by atoms with van der Waals surface area (Å²) in [5.41, 5.74) is 0. The zero-order chi connectivity index (χ0) is 17.6. The number of hydrogen-bond acceptors (Lipinski definition) is 2. The molecular formula is C9H7F11O2. The maximum Gasteiger partial charge on any atom is 0.460 e. The monoisotopic (exact) mass is 356 g/mol. The first kappa shape index (κ1) is 19.2. The molecule has 132 valence electrons. The largest absolute Gasteiger partial charge is 0.460 e. The summed E-state index contributed by atoms with van der Waals surface area (Å²) in [4.78, 5) is 0. The minimum absolute atomic E-state index is 0.0181. The van der Waals surface area contributed by atoms with Crippen LogP contribution in [0.1, 0.15) is 0 Å². The molecule has 0 spiro atoms. The Morgan fingerprint density at radius 1 is 0.773 bits per heavy atom. The van der Waals surface area contributed by atoms with Gasteiger partial charge in [0, 0.05) is 0 Å². The lowest BCUT2D eigenvalue weighted by Crippen LogP contribution is -2.67. The molecule has 1 unspecified atom stereocenters. The highest BCUT2D eigenvalue weighted by atomic mass is 19.4. The van der Waals surface area contributed by atoms with Gasteiger partial charge >= 0.3 is 29.9 Å². The van der Waals surface area contributed by atoms with Crippen molar-refractivity contribution in [3.05, 3.63) is 0 Å². The van der Waals surface area contributed by atoms with Crippen molar-refractivity contribution in [3.63, 3.8) is 0 Å². The van der Waals surface area contributed by atoms with Crippen LogP contribution in [0.3, 0.4) is 0 Å². The van der Waals surface area contributed by atoms with E-state index in [-0.39, 0.29) is 6.61 Å². The highest BCUT2D eigenvalue weighted by Crippen LogP contribution is 2.57. The number of rotatable bonds is 7. The predicted octanol–water partition coefficient (Wildman–Crippen LogP) is 3.51. The number of alkyl halides is 11. The second kappa shape index (κ2) is 5.35. The van der Waals surface area contributed by atoms with Crippen LogP contribution in [-0.2, 0) is 9.47 Å². The lowest BCUT2D eigenvalue weighted by molar-refractivity contribution is -0.424. The molecule has 13 heteroatoms. The second-order valence-corrected chi connectivity index (χ2v) is 4.40. The third-order valence-electron chi connectivity index (χ3n) is 2.59. The minimum Gasteiger partial charge on any atom is -0.372 e. The Morgan fingerprint density at radius 2 is 1.23 bits per heavy atom. The second-order valence-electron chi connectivity index (χ2n) is 4.40. The third-order valence-corrected chi connectivity index (χ3v) is 2.59. The van der Waals surface area contributed by atoms with Gasteiger partial charge in [-0.05, 0) is 0 Å². The Kier molecular flexibility index (Phi) is 4.67. The van der Waals surface area contributed by atoms with E-state index in [2.05, 4.69) is 9.47 Å². The van der Waals surface area contributed by atoms with Gasteiger partial charge in [0.2, 0.25) is 0 Å². The van der Waals surface area contributed by atoms with Gasteiger partial charge in [0.25, 0.3) is 0 Å². The summed E-state index contributed by atoms with van der Waals surface area (Å²) in [6.07, 6.45) is -7.90. The molecule has 1 heterocycles. The Morgan fingerprint density at radius 3 is 1.59 bits per heavy atom. The van der Waals surface area contributed by atoms with Crippen LogP contribution in [0.5, 0.6) is 0 Å². The topological polar surface area (TPSA) is 21.8 Å². The van der Waals surface area contributed by atoms with Crippen LogP contribution < -0.4 is 0 Å². The fourth-order valence-corrected chi connectivity index (χ4v) is 1.18. The molecule has 0 bridgehead atoms. The lowest BCUT2D eigenvalue weighted by atomic mass is 9.98. The van der Waals surface area contributed by atoms with Crippen molar-refractivity contribution in [1.29, 1.82) is 0 Å². The van der Waals surface area contributed by atoms with Crippen LogP contribution in [0.15, 0.2) is 0 Å². The van der Waals surface area contributed by atoms with Gasteiger partial charge in [-0.1, -0.05) is 0 Å². The summed E-state index contributed by atoms with van der Waals surface area (Å²) in [6, 6.07) is 0. The van der Waals surface area contributed by atoms with Gasteiger partial charge in [-0.25, -0.2) is 0 Å². The van der Waals surface area contributed by atoms with Gasteiger partial charge < -0.3 is 9.47 Å². The Bertz CT molecular complexity index is 399. The van der Waals surface area contributed by atoms with Gasteiger partial charge in [-0.2, -0.15) is 48.3 Å². The maximum atomic E-state index is 13.0. The van der Waals surface area contributed by atoms with Crippen LogP contribution in [0.25, 0.3) is 0 Å². The molecule has 1 atom stereocenters. The van der Waals surface area contributed by atoms with E-state index in [0.29, 0.717) is 0 Å². The number of ether oxygens (including phenoxy) is 2.